The van der Waals surface area contributed by atoms with Gasteiger partial charge in [0.15, 0.2) is 0 Å². The van der Waals surface area contributed by atoms with Crippen LogP contribution in [0.2, 0.25) is 5.02 Å². The minimum atomic E-state index is -0.101. The molecule has 0 unspecified atom stereocenters. The van der Waals surface area contributed by atoms with Crippen LogP contribution >= 0.6 is 11.6 Å². The maximum Gasteiger partial charge on any atom is 0.224 e. The second-order valence-corrected chi connectivity index (χ2v) is 7.17. The van der Waals surface area contributed by atoms with Crippen LogP contribution < -0.4 is 10.6 Å². The molecule has 0 aliphatic heterocycles. The fourth-order valence-electron chi connectivity index (χ4n) is 2.94. The number of hydrogen-bond acceptors (Lipinski definition) is 2. The SMILES string of the molecule is O=C(CCc1ccccc1)Nc1ccc(NC(=O)CCc2ccccc2)c(Cl)c1. The summed E-state index contributed by atoms with van der Waals surface area (Å²) in [7, 11) is 0. The highest BCUT2D eigenvalue weighted by Gasteiger charge is 2.09. The number of halogens is 1. The molecular formula is C24H23ClN2O2. The van der Waals surface area contributed by atoms with Crippen LogP contribution in [0, 0.1) is 0 Å². The van der Waals surface area contributed by atoms with Crippen LogP contribution in [0.1, 0.15) is 24.0 Å². The molecule has 0 fully saturated rings. The first-order valence-corrected chi connectivity index (χ1v) is 9.95. The Morgan fingerprint density at radius 3 is 1.72 bits per heavy atom. The molecule has 148 valence electrons. The van der Waals surface area contributed by atoms with Gasteiger partial charge in [0, 0.05) is 18.5 Å². The molecule has 2 N–H and O–H groups in total. The van der Waals surface area contributed by atoms with E-state index in [1.807, 2.05) is 60.7 Å². The zero-order valence-electron chi connectivity index (χ0n) is 16.0. The quantitative estimate of drug-likeness (QED) is 0.520. The number of nitrogens with one attached hydrogen (secondary N) is 2. The maximum absolute atomic E-state index is 12.2. The van der Waals surface area contributed by atoms with Gasteiger partial charge in [0.05, 0.1) is 10.7 Å². The summed E-state index contributed by atoms with van der Waals surface area (Å²) in [6.07, 6.45) is 2.10. The minimum Gasteiger partial charge on any atom is -0.326 e. The fourth-order valence-corrected chi connectivity index (χ4v) is 3.16. The lowest BCUT2D eigenvalue weighted by atomic mass is 10.1. The monoisotopic (exact) mass is 406 g/mol. The summed E-state index contributed by atoms with van der Waals surface area (Å²) in [6.45, 7) is 0. The van der Waals surface area contributed by atoms with E-state index in [2.05, 4.69) is 10.6 Å². The van der Waals surface area contributed by atoms with Crippen molar-refractivity contribution in [2.75, 3.05) is 10.6 Å². The summed E-state index contributed by atoms with van der Waals surface area (Å²) in [5.74, 6) is -0.181. The molecule has 0 aliphatic rings. The molecule has 0 aliphatic carbocycles. The van der Waals surface area contributed by atoms with Crippen LogP contribution in [0.3, 0.4) is 0 Å². The molecule has 4 nitrogen and oxygen atoms in total. The lowest BCUT2D eigenvalue weighted by Gasteiger charge is -2.10. The zero-order valence-corrected chi connectivity index (χ0v) is 16.8. The molecule has 0 atom stereocenters. The predicted octanol–water partition coefficient (Wildman–Crippen LogP) is 5.48. The van der Waals surface area contributed by atoms with Gasteiger partial charge in [-0.25, -0.2) is 0 Å². The Hall–Kier alpha value is -3.11. The lowest BCUT2D eigenvalue weighted by molar-refractivity contribution is -0.117. The van der Waals surface area contributed by atoms with Crippen molar-refractivity contribution in [3.05, 3.63) is 95.0 Å². The van der Waals surface area contributed by atoms with Crippen molar-refractivity contribution in [1.82, 2.24) is 0 Å². The molecule has 0 saturated heterocycles. The summed E-state index contributed by atoms with van der Waals surface area (Å²) in [6, 6.07) is 24.8. The van der Waals surface area contributed by atoms with Gasteiger partial charge in [0.25, 0.3) is 0 Å². The van der Waals surface area contributed by atoms with Gasteiger partial charge in [0.1, 0.15) is 0 Å². The number of hydrogen-bond donors (Lipinski definition) is 2. The second kappa shape index (κ2) is 10.4. The Balaban J connectivity index is 1.48. The van der Waals surface area contributed by atoms with E-state index in [1.165, 1.54) is 0 Å². The first kappa shape index (κ1) is 20.6. The zero-order chi connectivity index (χ0) is 20.5. The average molecular weight is 407 g/mol. The molecule has 0 aromatic heterocycles. The third kappa shape index (κ3) is 6.77. The summed E-state index contributed by atoms with van der Waals surface area (Å²) < 4.78 is 0. The van der Waals surface area contributed by atoms with Crippen molar-refractivity contribution in [2.45, 2.75) is 25.7 Å². The Bertz CT molecular complexity index is 959. The van der Waals surface area contributed by atoms with Gasteiger partial charge < -0.3 is 10.6 Å². The molecule has 0 bridgehead atoms. The van der Waals surface area contributed by atoms with Gasteiger partial charge >= 0.3 is 0 Å². The normalized spacial score (nSPS) is 10.4. The number of aryl methyl sites for hydroxylation is 2. The number of carbonyl (C=O) groups excluding carboxylic acids is 2. The van der Waals surface area contributed by atoms with Crippen LogP contribution in [0.5, 0.6) is 0 Å². The summed E-state index contributed by atoms with van der Waals surface area (Å²) in [5, 5.41) is 6.06. The molecule has 0 saturated carbocycles. The van der Waals surface area contributed by atoms with Crippen molar-refractivity contribution in [3.8, 4) is 0 Å². The van der Waals surface area contributed by atoms with Crippen LogP contribution in [-0.2, 0) is 22.4 Å². The van der Waals surface area contributed by atoms with Crippen LogP contribution in [-0.4, -0.2) is 11.8 Å². The van der Waals surface area contributed by atoms with Crippen molar-refractivity contribution >= 4 is 34.8 Å². The summed E-state index contributed by atoms with van der Waals surface area (Å²) in [4.78, 5) is 24.3. The first-order chi connectivity index (χ1) is 14.1. The van der Waals surface area contributed by atoms with E-state index in [9.17, 15) is 9.59 Å². The molecule has 29 heavy (non-hydrogen) atoms. The molecule has 3 aromatic carbocycles. The highest BCUT2D eigenvalue weighted by molar-refractivity contribution is 6.34. The van der Waals surface area contributed by atoms with E-state index >= 15 is 0 Å². The third-order valence-corrected chi connectivity index (χ3v) is 4.81. The standard InChI is InChI=1S/C24H23ClN2O2/c25-21-17-20(26-23(28)15-11-18-7-3-1-4-8-18)13-14-22(21)27-24(29)16-12-19-9-5-2-6-10-19/h1-10,13-14,17H,11-12,15-16H2,(H,26,28)(H,27,29). The maximum atomic E-state index is 12.2. The molecule has 2 amide bonds. The van der Waals surface area contributed by atoms with Gasteiger partial charge in [-0.05, 0) is 42.2 Å². The average Bonchev–Trinajstić information content (AvgIpc) is 2.74. The number of amides is 2. The Morgan fingerprint density at radius 2 is 1.21 bits per heavy atom. The molecule has 0 radical (unpaired) electrons. The lowest BCUT2D eigenvalue weighted by Crippen LogP contribution is -2.14. The van der Waals surface area contributed by atoms with Crippen molar-refractivity contribution in [3.63, 3.8) is 0 Å². The number of rotatable bonds is 8. The highest BCUT2D eigenvalue weighted by Crippen LogP contribution is 2.26. The molecule has 0 heterocycles. The van der Waals surface area contributed by atoms with E-state index in [4.69, 9.17) is 11.6 Å². The van der Waals surface area contributed by atoms with Gasteiger partial charge in [-0.2, -0.15) is 0 Å². The molecule has 0 spiro atoms. The van der Waals surface area contributed by atoms with Crippen molar-refractivity contribution < 1.29 is 9.59 Å². The smallest absolute Gasteiger partial charge is 0.224 e. The van der Waals surface area contributed by atoms with E-state index in [0.717, 1.165) is 11.1 Å². The van der Waals surface area contributed by atoms with Crippen molar-refractivity contribution in [1.29, 1.82) is 0 Å². The fraction of sp³-hybridized carbons (Fsp3) is 0.167. The highest BCUT2D eigenvalue weighted by atomic mass is 35.5. The topological polar surface area (TPSA) is 58.2 Å². The first-order valence-electron chi connectivity index (χ1n) is 9.57. The molecular weight excluding hydrogens is 384 g/mol. The summed E-state index contributed by atoms with van der Waals surface area (Å²) in [5.41, 5.74) is 3.37. The van der Waals surface area contributed by atoms with Gasteiger partial charge in [-0.15, -0.1) is 0 Å². The third-order valence-electron chi connectivity index (χ3n) is 4.49. The van der Waals surface area contributed by atoms with Gasteiger partial charge in [-0.3, -0.25) is 9.59 Å². The Labute approximate surface area is 175 Å². The molecule has 3 rings (SSSR count). The minimum absolute atomic E-state index is 0.0791. The second-order valence-electron chi connectivity index (χ2n) is 6.76. The molecule has 5 heteroatoms. The largest absolute Gasteiger partial charge is 0.326 e. The predicted molar refractivity (Wildman–Crippen MR) is 118 cm³/mol. The van der Waals surface area contributed by atoms with E-state index < -0.39 is 0 Å². The number of anilines is 2. The van der Waals surface area contributed by atoms with E-state index in [-0.39, 0.29) is 11.8 Å². The van der Waals surface area contributed by atoms with Gasteiger partial charge in [-0.1, -0.05) is 72.3 Å². The van der Waals surface area contributed by atoms with Crippen LogP contribution in [0.4, 0.5) is 11.4 Å². The van der Waals surface area contributed by atoms with E-state index in [0.29, 0.717) is 42.1 Å². The Kier molecular flexibility index (Phi) is 7.42. The van der Waals surface area contributed by atoms with Crippen LogP contribution in [0.15, 0.2) is 78.9 Å². The summed E-state index contributed by atoms with van der Waals surface area (Å²) >= 11 is 6.28. The van der Waals surface area contributed by atoms with E-state index in [1.54, 1.807) is 18.2 Å². The molecule has 3 aromatic rings. The van der Waals surface area contributed by atoms with Gasteiger partial charge in [0.2, 0.25) is 11.8 Å². The van der Waals surface area contributed by atoms with Crippen molar-refractivity contribution in [2.24, 2.45) is 0 Å². The Morgan fingerprint density at radius 1 is 0.690 bits per heavy atom. The van der Waals surface area contributed by atoms with Crippen LogP contribution in [0.25, 0.3) is 0 Å². The number of carbonyl (C=O) groups is 2. The number of benzene rings is 3.